The Bertz CT molecular complexity index is 387. The van der Waals surface area contributed by atoms with E-state index in [1.807, 2.05) is 0 Å². The molecule has 0 heterocycles. The van der Waals surface area contributed by atoms with Crippen LogP contribution >= 0.6 is 0 Å². The first-order valence-corrected chi connectivity index (χ1v) is 6.68. The van der Waals surface area contributed by atoms with Crippen molar-refractivity contribution < 1.29 is 9.59 Å². The van der Waals surface area contributed by atoms with Gasteiger partial charge in [0.25, 0.3) is 0 Å². The monoisotopic (exact) mass is 252 g/mol. The number of fused-ring (bicyclic) bond motifs is 2. The van der Waals surface area contributed by atoms with E-state index in [-0.39, 0.29) is 17.2 Å². The summed E-state index contributed by atoms with van der Waals surface area (Å²) in [7, 11) is 0. The Labute approximate surface area is 109 Å². The summed E-state index contributed by atoms with van der Waals surface area (Å²) in [5.41, 5.74) is -0.293. The SMILES string of the molecule is CC(=O)NC1(NC(C)=O)CC2CC1(C)CC2(C)C. The highest BCUT2D eigenvalue weighted by Crippen LogP contribution is 2.65. The summed E-state index contributed by atoms with van der Waals surface area (Å²) in [6.07, 6.45) is 2.95. The molecular formula is C14H24N2O2. The number of rotatable bonds is 2. The lowest BCUT2D eigenvalue weighted by molar-refractivity contribution is -0.129. The summed E-state index contributed by atoms with van der Waals surface area (Å²) in [6, 6.07) is 0. The molecule has 4 nitrogen and oxygen atoms in total. The quantitative estimate of drug-likeness (QED) is 0.736. The van der Waals surface area contributed by atoms with Crippen molar-refractivity contribution in [2.24, 2.45) is 16.7 Å². The molecule has 102 valence electrons. The first kappa shape index (κ1) is 13.4. The van der Waals surface area contributed by atoms with Crippen LogP contribution in [0.5, 0.6) is 0 Å². The van der Waals surface area contributed by atoms with Crippen LogP contribution in [-0.4, -0.2) is 17.5 Å². The predicted octanol–water partition coefficient (Wildman–Crippen LogP) is 1.80. The minimum absolute atomic E-state index is 0.0431. The number of carbonyl (C=O) groups excluding carboxylic acids is 2. The predicted molar refractivity (Wildman–Crippen MR) is 69.6 cm³/mol. The van der Waals surface area contributed by atoms with E-state index in [1.54, 1.807) is 0 Å². The van der Waals surface area contributed by atoms with Gasteiger partial charge in [-0.05, 0) is 30.6 Å². The molecule has 0 saturated heterocycles. The van der Waals surface area contributed by atoms with Crippen molar-refractivity contribution in [3.8, 4) is 0 Å². The maximum Gasteiger partial charge on any atom is 0.218 e. The van der Waals surface area contributed by atoms with Crippen molar-refractivity contribution in [3.63, 3.8) is 0 Å². The third kappa shape index (κ3) is 1.82. The topological polar surface area (TPSA) is 58.2 Å². The standard InChI is InChI=1S/C14H24N2O2/c1-9(17)15-14(16-10(2)18)7-11-6-13(14,5)8-12(11,3)4/h11H,6-8H2,1-5H3,(H,15,17)(H,16,18). The van der Waals surface area contributed by atoms with E-state index in [1.165, 1.54) is 13.8 Å². The number of amides is 2. The second-order valence-electron chi connectivity index (χ2n) is 7.10. The van der Waals surface area contributed by atoms with E-state index >= 15 is 0 Å². The molecular weight excluding hydrogens is 228 g/mol. The van der Waals surface area contributed by atoms with Crippen LogP contribution in [-0.2, 0) is 9.59 Å². The zero-order valence-electron chi connectivity index (χ0n) is 12.0. The highest BCUT2D eigenvalue weighted by Gasteiger charge is 2.65. The minimum Gasteiger partial charge on any atom is -0.333 e. The second kappa shape index (κ2) is 3.72. The smallest absolute Gasteiger partial charge is 0.218 e. The summed E-state index contributed by atoms with van der Waals surface area (Å²) >= 11 is 0. The molecule has 2 aliphatic carbocycles. The van der Waals surface area contributed by atoms with E-state index in [4.69, 9.17) is 0 Å². The maximum absolute atomic E-state index is 11.5. The van der Waals surface area contributed by atoms with Crippen LogP contribution in [0.25, 0.3) is 0 Å². The van der Waals surface area contributed by atoms with E-state index in [2.05, 4.69) is 31.4 Å². The molecule has 2 saturated carbocycles. The zero-order valence-corrected chi connectivity index (χ0v) is 12.0. The zero-order chi connectivity index (χ0) is 13.8. The molecule has 0 aromatic carbocycles. The third-order valence-electron chi connectivity index (χ3n) is 5.01. The lowest BCUT2D eigenvalue weighted by Gasteiger charge is -2.49. The highest BCUT2D eigenvalue weighted by molar-refractivity contribution is 5.78. The van der Waals surface area contributed by atoms with Crippen molar-refractivity contribution in [2.75, 3.05) is 0 Å². The largest absolute Gasteiger partial charge is 0.333 e. The second-order valence-corrected chi connectivity index (χ2v) is 7.10. The first-order valence-electron chi connectivity index (χ1n) is 6.68. The molecule has 2 rings (SSSR count). The molecule has 0 spiro atoms. The van der Waals surface area contributed by atoms with Crippen LogP contribution in [0.1, 0.15) is 53.9 Å². The van der Waals surface area contributed by atoms with Crippen LogP contribution in [0.2, 0.25) is 0 Å². The Morgan fingerprint density at radius 2 is 1.50 bits per heavy atom. The lowest BCUT2D eigenvalue weighted by Crippen LogP contribution is -2.67. The van der Waals surface area contributed by atoms with Gasteiger partial charge in [0, 0.05) is 19.3 Å². The molecule has 2 aliphatic rings. The summed E-state index contributed by atoms with van der Waals surface area (Å²) in [6.45, 7) is 9.80. The van der Waals surface area contributed by atoms with Crippen molar-refractivity contribution in [1.82, 2.24) is 10.6 Å². The molecule has 0 aliphatic heterocycles. The third-order valence-corrected chi connectivity index (χ3v) is 5.01. The van der Waals surface area contributed by atoms with Crippen LogP contribution in [0, 0.1) is 16.7 Å². The molecule has 0 aromatic heterocycles. The van der Waals surface area contributed by atoms with Gasteiger partial charge in [0.2, 0.25) is 11.8 Å². The first-order chi connectivity index (χ1) is 8.10. The van der Waals surface area contributed by atoms with Gasteiger partial charge in [-0.2, -0.15) is 0 Å². The number of nitrogens with one attached hydrogen (secondary N) is 2. The van der Waals surface area contributed by atoms with Gasteiger partial charge in [0.15, 0.2) is 0 Å². The van der Waals surface area contributed by atoms with Crippen LogP contribution in [0.15, 0.2) is 0 Å². The van der Waals surface area contributed by atoms with Gasteiger partial charge in [-0.15, -0.1) is 0 Å². The Kier molecular flexibility index (Phi) is 2.76. The molecule has 2 N–H and O–H groups in total. The van der Waals surface area contributed by atoms with E-state index in [0.717, 1.165) is 19.3 Å². The normalized spacial score (nSPS) is 35.3. The van der Waals surface area contributed by atoms with Crippen molar-refractivity contribution in [2.45, 2.75) is 59.5 Å². The summed E-state index contributed by atoms with van der Waals surface area (Å²) in [5, 5.41) is 6.05. The van der Waals surface area contributed by atoms with Gasteiger partial charge in [-0.1, -0.05) is 20.8 Å². The fourth-order valence-electron chi connectivity index (χ4n) is 4.37. The van der Waals surface area contributed by atoms with E-state index < -0.39 is 5.66 Å². The van der Waals surface area contributed by atoms with E-state index in [0.29, 0.717) is 11.3 Å². The Hall–Kier alpha value is -1.06. The fraction of sp³-hybridized carbons (Fsp3) is 0.857. The van der Waals surface area contributed by atoms with Crippen LogP contribution < -0.4 is 10.6 Å². The van der Waals surface area contributed by atoms with Crippen molar-refractivity contribution >= 4 is 11.8 Å². The summed E-state index contributed by atoms with van der Waals surface area (Å²) in [5.74, 6) is 0.409. The molecule has 0 aromatic rings. The number of hydrogen-bond donors (Lipinski definition) is 2. The average molecular weight is 252 g/mol. The summed E-state index contributed by atoms with van der Waals surface area (Å²) in [4.78, 5) is 23.0. The van der Waals surface area contributed by atoms with Gasteiger partial charge in [0.1, 0.15) is 5.66 Å². The molecule has 18 heavy (non-hydrogen) atoms. The lowest BCUT2D eigenvalue weighted by atomic mass is 9.67. The molecule has 2 fully saturated rings. The average Bonchev–Trinajstić information content (AvgIpc) is 2.47. The van der Waals surface area contributed by atoms with Crippen molar-refractivity contribution in [3.05, 3.63) is 0 Å². The number of carbonyl (C=O) groups is 2. The van der Waals surface area contributed by atoms with Gasteiger partial charge in [0.05, 0.1) is 0 Å². The molecule has 2 atom stereocenters. The van der Waals surface area contributed by atoms with Crippen molar-refractivity contribution in [1.29, 1.82) is 0 Å². The van der Waals surface area contributed by atoms with Gasteiger partial charge in [-0.25, -0.2) is 0 Å². The van der Waals surface area contributed by atoms with Crippen LogP contribution in [0.4, 0.5) is 0 Å². The molecule has 2 amide bonds. The highest BCUT2D eigenvalue weighted by atomic mass is 16.2. The number of hydrogen-bond acceptors (Lipinski definition) is 2. The van der Waals surface area contributed by atoms with E-state index in [9.17, 15) is 9.59 Å². The summed E-state index contributed by atoms with van der Waals surface area (Å²) < 4.78 is 0. The van der Waals surface area contributed by atoms with Gasteiger partial charge < -0.3 is 10.6 Å². The molecule has 4 heteroatoms. The van der Waals surface area contributed by atoms with Crippen LogP contribution in [0.3, 0.4) is 0 Å². The fourth-order valence-corrected chi connectivity index (χ4v) is 4.37. The maximum atomic E-state index is 11.5. The minimum atomic E-state index is -0.551. The Morgan fingerprint density at radius 3 is 1.78 bits per heavy atom. The van der Waals surface area contributed by atoms with Gasteiger partial charge >= 0.3 is 0 Å². The Balaban J connectivity index is 2.34. The van der Waals surface area contributed by atoms with Gasteiger partial charge in [-0.3, -0.25) is 9.59 Å². The molecule has 0 radical (unpaired) electrons. The Morgan fingerprint density at radius 1 is 1.00 bits per heavy atom. The molecule has 2 bridgehead atoms. The molecule has 2 unspecified atom stereocenters.